The Labute approximate surface area is 176 Å². The average molecular weight is 422 g/mol. The maximum atomic E-state index is 12.4. The van der Waals surface area contributed by atoms with Gasteiger partial charge in [0.1, 0.15) is 0 Å². The van der Waals surface area contributed by atoms with Gasteiger partial charge in [-0.1, -0.05) is 67.4 Å². The second-order valence-electron chi connectivity index (χ2n) is 8.08. The van der Waals surface area contributed by atoms with Crippen LogP contribution in [0.15, 0.2) is 41.3 Å². The molecule has 0 spiro atoms. The van der Waals surface area contributed by atoms with E-state index in [4.69, 9.17) is 23.2 Å². The third-order valence-electron chi connectivity index (χ3n) is 5.91. The van der Waals surface area contributed by atoms with Crippen LogP contribution in [0.4, 0.5) is 0 Å². The first-order valence-corrected chi connectivity index (χ1v) is 11.4. The average Bonchev–Trinajstić information content (AvgIpc) is 3.38. The number of hydrogen-bond donors (Lipinski definition) is 0. The zero-order valence-corrected chi connectivity index (χ0v) is 18.0. The molecule has 4 rings (SSSR count). The van der Waals surface area contributed by atoms with Crippen molar-refractivity contribution in [1.82, 2.24) is 4.90 Å². The van der Waals surface area contributed by atoms with Gasteiger partial charge in [-0.2, -0.15) is 0 Å². The number of allylic oxidation sites excluding steroid dienone is 3. The van der Waals surface area contributed by atoms with Gasteiger partial charge in [-0.25, -0.2) is 0 Å². The molecule has 27 heavy (non-hydrogen) atoms. The Bertz CT molecular complexity index is 800. The molecule has 144 valence electrons. The number of carbonyl (C=O) groups excluding carboxylic acids is 1. The lowest BCUT2D eigenvalue weighted by Gasteiger charge is -2.31. The smallest absolute Gasteiger partial charge is 0.226 e. The normalized spacial score (nSPS) is 29.1. The summed E-state index contributed by atoms with van der Waals surface area (Å²) >= 11 is 15.1. The summed E-state index contributed by atoms with van der Waals surface area (Å²) in [7, 11) is 0. The summed E-state index contributed by atoms with van der Waals surface area (Å²) in [6.07, 6.45) is 10.8. The van der Waals surface area contributed by atoms with Crippen LogP contribution in [0.1, 0.15) is 38.2 Å². The molecule has 0 N–H and O–H groups in total. The Morgan fingerprint density at radius 3 is 2.56 bits per heavy atom. The monoisotopic (exact) mass is 421 g/mol. The van der Waals surface area contributed by atoms with Crippen molar-refractivity contribution in [3.05, 3.63) is 52.0 Å². The summed E-state index contributed by atoms with van der Waals surface area (Å²) < 4.78 is 0. The van der Waals surface area contributed by atoms with E-state index < -0.39 is 0 Å². The van der Waals surface area contributed by atoms with E-state index in [-0.39, 0.29) is 17.7 Å². The van der Waals surface area contributed by atoms with Crippen molar-refractivity contribution in [1.29, 1.82) is 0 Å². The van der Waals surface area contributed by atoms with E-state index >= 15 is 0 Å². The van der Waals surface area contributed by atoms with Crippen LogP contribution in [0.25, 0.3) is 0 Å². The number of nitrogens with zero attached hydrogens (tertiary/aromatic N) is 1. The SMILES string of the molecule is CC(C)C1C=CC=CC1Sc1ccc(C2CC2C(=O)N2CCC2)c(Cl)c1Cl. The quantitative estimate of drug-likeness (QED) is 0.564. The maximum Gasteiger partial charge on any atom is 0.226 e. The van der Waals surface area contributed by atoms with E-state index in [2.05, 4.69) is 50.3 Å². The molecule has 1 aliphatic heterocycles. The molecule has 0 bridgehead atoms. The molecule has 1 aromatic rings. The minimum Gasteiger partial charge on any atom is -0.342 e. The van der Waals surface area contributed by atoms with Gasteiger partial charge in [-0.05, 0) is 42.2 Å². The molecule has 4 unspecified atom stereocenters. The lowest BCUT2D eigenvalue weighted by Crippen LogP contribution is -2.43. The summed E-state index contributed by atoms with van der Waals surface area (Å²) in [5, 5.41) is 1.62. The number of hydrogen-bond acceptors (Lipinski definition) is 2. The van der Waals surface area contributed by atoms with E-state index in [1.807, 2.05) is 4.90 Å². The van der Waals surface area contributed by atoms with Gasteiger partial charge in [-0.3, -0.25) is 4.79 Å². The first-order chi connectivity index (χ1) is 13.0. The Morgan fingerprint density at radius 2 is 1.89 bits per heavy atom. The van der Waals surface area contributed by atoms with Crippen LogP contribution < -0.4 is 0 Å². The first-order valence-electron chi connectivity index (χ1n) is 9.75. The van der Waals surface area contributed by atoms with Crippen molar-refractivity contribution in [2.24, 2.45) is 17.8 Å². The van der Waals surface area contributed by atoms with Gasteiger partial charge in [0.2, 0.25) is 5.91 Å². The van der Waals surface area contributed by atoms with E-state index in [9.17, 15) is 4.79 Å². The third kappa shape index (κ3) is 3.83. The second kappa shape index (κ2) is 7.85. The second-order valence-corrected chi connectivity index (χ2v) is 10.1. The number of amides is 1. The third-order valence-corrected chi connectivity index (χ3v) is 8.26. The van der Waals surface area contributed by atoms with Crippen LogP contribution in [0, 0.1) is 17.8 Å². The van der Waals surface area contributed by atoms with E-state index in [0.717, 1.165) is 36.4 Å². The minimum absolute atomic E-state index is 0.0918. The molecular weight excluding hydrogens is 397 g/mol. The highest BCUT2D eigenvalue weighted by molar-refractivity contribution is 8.00. The Balaban J connectivity index is 1.49. The Morgan fingerprint density at radius 1 is 1.15 bits per heavy atom. The molecule has 1 heterocycles. The highest BCUT2D eigenvalue weighted by atomic mass is 35.5. The van der Waals surface area contributed by atoms with Crippen LogP contribution in [0.2, 0.25) is 10.0 Å². The predicted molar refractivity (Wildman–Crippen MR) is 115 cm³/mol. The van der Waals surface area contributed by atoms with Gasteiger partial charge in [0, 0.05) is 29.2 Å². The molecule has 2 nitrogen and oxygen atoms in total. The predicted octanol–water partition coefficient (Wildman–Crippen LogP) is 6.19. The molecule has 5 heteroatoms. The van der Waals surface area contributed by atoms with Gasteiger partial charge in [0.25, 0.3) is 0 Å². The van der Waals surface area contributed by atoms with Crippen molar-refractivity contribution in [2.75, 3.05) is 13.1 Å². The molecule has 0 radical (unpaired) electrons. The van der Waals surface area contributed by atoms with Crippen molar-refractivity contribution in [3.8, 4) is 0 Å². The lowest BCUT2D eigenvalue weighted by molar-refractivity contribution is -0.136. The van der Waals surface area contributed by atoms with Crippen LogP contribution in [-0.4, -0.2) is 29.1 Å². The minimum atomic E-state index is 0.0918. The molecule has 2 aliphatic carbocycles. The molecule has 0 aromatic heterocycles. The van der Waals surface area contributed by atoms with Gasteiger partial charge < -0.3 is 4.90 Å². The van der Waals surface area contributed by atoms with Crippen molar-refractivity contribution in [2.45, 2.75) is 42.8 Å². The van der Waals surface area contributed by atoms with Gasteiger partial charge in [-0.15, -0.1) is 11.8 Å². The highest BCUT2D eigenvalue weighted by Gasteiger charge is 2.47. The fraction of sp³-hybridized carbons (Fsp3) is 0.500. The van der Waals surface area contributed by atoms with Crippen LogP contribution in [0.5, 0.6) is 0 Å². The largest absolute Gasteiger partial charge is 0.342 e. The summed E-state index contributed by atoms with van der Waals surface area (Å²) in [5.41, 5.74) is 1.03. The molecule has 1 aromatic carbocycles. The standard InChI is InChI=1S/C22H25Cl2NOS/c1-13(2)14-6-3-4-7-18(14)27-19-9-8-15(20(23)21(19)24)16-12-17(16)22(26)25-10-5-11-25/h3-4,6-9,13-14,16-18H,5,10-12H2,1-2H3. The van der Waals surface area contributed by atoms with Crippen LogP contribution in [0.3, 0.4) is 0 Å². The molecule has 4 atom stereocenters. The summed E-state index contributed by atoms with van der Waals surface area (Å²) in [6, 6.07) is 4.17. The van der Waals surface area contributed by atoms with Crippen LogP contribution >= 0.6 is 35.0 Å². The maximum absolute atomic E-state index is 12.4. The fourth-order valence-electron chi connectivity index (χ4n) is 3.98. The first kappa shape index (κ1) is 19.4. The van der Waals surface area contributed by atoms with Crippen molar-refractivity contribution >= 4 is 40.9 Å². The zero-order valence-electron chi connectivity index (χ0n) is 15.7. The van der Waals surface area contributed by atoms with E-state index in [0.29, 0.717) is 27.1 Å². The number of rotatable bonds is 5. The molecule has 3 aliphatic rings. The molecule has 1 saturated heterocycles. The highest BCUT2D eigenvalue weighted by Crippen LogP contribution is 2.53. The molecule has 1 saturated carbocycles. The van der Waals surface area contributed by atoms with Gasteiger partial charge >= 0.3 is 0 Å². The number of carbonyl (C=O) groups is 1. The van der Waals surface area contributed by atoms with Gasteiger partial charge in [0.15, 0.2) is 0 Å². The molecular formula is C22H25Cl2NOS. The number of halogens is 2. The molecule has 2 fully saturated rings. The summed E-state index contributed by atoms with van der Waals surface area (Å²) in [6.45, 7) is 6.32. The topological polar surface area (TPSA) is 20.3 Å². The lowest BCUT2D eigenvalue weighted by atomic mass is 9.89. The van der Waals surface area contributed by atoms with Crippen molar-refractivity contribution in [3.63, 3.8) is 0 Å². The summed E-state index contributed by atoms with van der Waals surface area (Å²) in [4.78, 5) is 15.4. The van der Waals surface area contributed by atoms with Gasteiger partial charge in [0.05, 0.1) is 10.0 Å². The Kier molecular flexibility index (Phi) is 5.64. The molecule has 1 amide bonds. The van der Waals surface area contributed by atoms with E-state index in [1.165, 1.54) is 0 Å². The fourth-order valence-corrected chi connectivity index (χ4v) is 6.02. The number of thioether (sulfide) groups is 1. The van der Waals surface area contributed by atoms with Crippen LogP contribution in [-0.2, 0) is 4.79 Å². The van der Waals surface area contributed by atoms with E-state index in [1.54, 1.807) is 11.8 Å². The zero-order chi connectivity index (χ0) is 19.1. The Hall–Kier alpha value is -0.900. The van der Waals surface area contributed by atoms with Crippen molar-refractivity contribution < 1.29 is 4.79 Å². The number of benzene rings is 1. The summed E-state index contributed by atoms with van der Waals surface area (Å²) in [5.74, 6) is 1.65. The number of likely N-dealkylation sites (tertiary alicyclic amines) is 1.